The Morgan fingerprint density at radius 1 is 1.10 bits per heavy atom. The van der Waals surface area contributed by atoms with E-state index < -0.39 is 21.3 Å². The van der Waals surface area contributed by atoms with Crippen molar-refractivity contribution in [3.63, 3.8) is 0 Å². The smallest absolute Gasteiger partial charge is 0.252 e. The van der Waals surface area contributed by atoms with Crippen LogP contribution in [0.5, 0.6) is 0 Å². The summed E-state index contributed by atoms with van der Waals surface area (Å²) in [4.78, 5) is 12.4. The highest BCUT2D eigenvalue weighted by atomic mass is 35.5. The highest BCUT2D eigenvalue weighted by molar-refractivity contribution is 7.91. The highest BCUT2D eigenvalue weighted by Gasteiger charge is 2.37. The van der Waals surface area contributed by atoms with Gasteiger partial charge in [-0.2, -0.15) is 0 Å². The maximum atomic E-state index is 12.4. The number of fused-ring (bicyclic) bond motifs is 1. The van der Waals surface area contributed by atoms with Crippen molar-refractivity contribution in [2.45, 2.75) is 11.4 Å². The van der Waals surface area contributed by atoms with Gasteiger partial charge >= 0.3 is 0 Å². The third kappa shape index (κ3) is 2.89. The third-order valence-electron chi connectivity index (χ3n) is 3.63. The first kappa shape index (κ1) is 14.4. The molecule has 0 aromatic heterocycles. The normalized spacial score (nSPS) is 24.0. The van der Waals surface area contributed by atoms with E-state index in [1.165, 1.54) is 0 Å². The molecular weight excluding hydrogens is 310 g/mol. The molecule has 1 saturated heterocycles. The summed E-state index contributed by atoms with van der Waals surface area (Å²) in [5.74, 6) is -0.480. The molecule has 0 saturated carbocycles. The standard InChI is InChI=1S/C15H14ClNO3S/c16-13-8-21(19,20)9-14(13)17-15(18)12-7-3-5-10-4-1-2-6-11(10)12/h1-7,13-14H,8-9H2,(H,17,18)/t13-,14+/m1/s1. The Kier molecular flexibility index (Phi) is 3.63. The number of carbonyl (C=O) groups excluding carboxylic acids is 1. The van der Waals surface area contributed by atoms with Crippen LogP contribution in [0.1, 0.15) is 10.4 Å². The molecule has 2 aromatic rings. The van der Waals surface area contributed by atoms with Crippen LogP contribution in [0.4, 0.5) is 0 Å². The van der Waals surface area contributed by atoms with E-state index in [9.17, 15) is 13.2 Å². The molecule has 1 aliphatic rings. The topological polar surface area (TPSA) is 63.2 Å². The van der Waals surface area contributed by atoms with Gasteiger partial charge in [-0.25, -0.2) is 8.42 Å². The van der Waals surface area contributed by atoms with Crippen LogP contribution >= 0.6 is 11.6 Å². The number of nitrogens with one attached hydrogen (secondary N) is 1. The summed E-state index contributed by atoms with van der Waals surface area (Å²) in [7, 11) is -3.16. The Hall–Kier alpha value is -1.59. The zero-order valence-corrected chi connectivity index (χ0v) is 12.7. The average molecular weight is 324 g/mol. The minimum Gasteiger partial charge on any atom is -0.347 e. The van der Waals surface area contributed by atoms with Gasteiger partial charge in [-0.3, -0.25) is 4.79 Å². The molecule has 1 heterocycles. The molecule has 0 aliphatic carbocycles. The zero-order chi connectivity index (χ0) is 15.0. The van der Waals surface area contributed by atoms with Gasteiger partial charge in [0.1, 0.15) is 0 Å². The Labute approximate surface area is 128 Å². The van der Waals surface area contributed by atoms with Crippen molar-refractivity contribution in [2.75, 3.05) is 11.5 Å². The van der Waals surface area contributed by atoms with Crippen LogP contribution in [0.2, 0.25) is 0 Å². The van der Waals surface area contributed by atoms with E-state index in [1.807, 2.05) is 30.3 Å². The van der Waals surface area contributed by atoms with Gasteiger partial charge in [-0.05, 0) is 16.8 Å². The molecule has 0 spiro atoms. The summed E-state index contributed by atoms with van der Waals surface area (Å²) < 4.78 is 23.1. The fraction of sp³-hybridized carbons (Fsp3) is 0.267. The zero-order valence-electron chi connectivity index (χ0n) is 11.1. The minimum atomic E-state index is -3.16. The fourth-order valence-corrected chi connectivity index (χ4v) is 5.16. The molecule has 0 radical (unpaired) electrons. The number of carbonyl (C=O) groups is 1. The molecule has 0 unspecified atom stereocenters. The quantitative estimate of drug-likeness (QED) is 0.859. The summed E-state index contributed by atoms with van der Waals surface area (Å²) in [6.45, 7) is 0. The molecule has 2 atom stereocenters. The largest absolute Gasteiger partial charge is 0.347 e. The molecule has 3 rings (SSSR count). The molecule has 2 aromatic carbocycles. The van der Waals surface area contributed by atoms with Crippen LogP contribution < -0.4 is 5.32 Å². The number of hydrogen-bond acceptors (Lipinski definition) is 3. The predicted octanol–water partition coefficient (Wildman–Crippen LogP) is 1.97. The second kappa shape index (κ2) is 5.31. The van der Waals surface area contributed by atoms with E-state index in [2.05, 4.69) is 5.32 Å². The Balaban J connectivity index is 1.88. The number of sulfone groups is 1. The summed E-state index contributed by atoms with van der Waals surface area (Å²) in [5.41, 5.74) is 0.529. The SMILES string of the molecule is O=C(N[C@H]1CS(=O)(=O)C[C@H]1Cl)c1cccc2ccccc12. The molecule has 4 nitrogen and oxygen atoms in total. The summed E-state index contributed by atoms with van der Waals surface area (Å²) in [5, 5.41) is 3.97. The van der Waals surface area contributed by atoms with E-state index in [0.717, 1.165) is 10.8 Å². The van der Waals surface area contributed by atoms with Crippen LogP contribution in [0.25, 0.3) is 10.8 Å². The molecule has 21 heavy (non-hydrogen) atoms. The van der Waals surface area contributed by atoms with Crippen LogP contribution in [-0.2, 0) is 9.84 Å². The number of halogens is 1. The molecular formula is C15H14ClNO3S. The molecule has 1 amide bonds. The van der Waals surface area contributed by atoms with Gasteiger partial charge in [0.2, 0.25) is 0 Å². The Bertz CT molecular complexity index is 798. The molecule has 0 bridgehead atoms. The van der Waals surface area contributed by atoms with E-state index in [4.69, 9.17) is 11.6 Å². The Morgan fingerprint density at radius 2 is 1.81 bits per heavy atom. The van der Waals surface area contributed by atoms with Crippen LogP contribution in [-0.4, -0.2) is 37.2 Å². The lowest BCUT2D eigenvalue weighted by Crippen LogP contribution is -2.40. The third-order valence-corrected chi connectivity index (χ3v) is 6.01. The fourth-order valence-electron chi connectivity index (χ4n) is 2.61. The first-order valence-electron chi connectivity index (χ1n) is 6.59. The Morgan fingerprint density at radius 3 is 2.52 bits per heavy atom. The molecule has 1 fully saturated rings. The minimum absolute atomic E-state index is 0.0883. The molecule has 110 valence electrons. The van der Waals surface area contributed by atoms with Crippen molar-refractivity contribution in [2.24, 2.45) is 0 Å². The lowest BCUT2D eigenvalue weighted by atomic mass is 10.0. The second-order valence-corrected chi connectivity index (χ2v) is 7.91. The maximum absolute atomic E-state index is 12.4. The lowest BCUT2D eigenvalue weighted by Gasteiger charge is -2.15. The predicted molar refractivity (Wildman–Crippen MR) is 83.5 cm³/mol. The van der Waals surface area contributed by atoms with E-state index >= 15 is 0 Å². The number of amides is 1. The number of alkyl halides is 1. The first-order valence-corrected chi connectivity index (χ1v) is 8.85. The average Bonchev–Trinajstić information content (AvgIpc) is 2.70. The van der Waals surface area contributed by atoms with Crippen molar-refractivity contribution in [1.82, 2.24) is 5.32 Å². The van der Waals surface area contributed by atoms with E-state index in [0.29, 0.717) is 5.56 Å². The lowest BCUT2D eigenvalue weighted by molar-refractivity contribution is 0.0943. The second-order valence-electron chi connectivity index (χ2n) is 5.20. The molecule has 1 aliphatic heterocycles. The van der Waals surface area contributed by atoms with Gasteiger partial charge in [0.25, 0.3) is 5.91 Å². The van der Waals surface area contributed by atoms with Crippen molar-refractivity contribution >= 4 is 38.1 Å². The summed E-state index contributed by atoms with van der Waals surface area (Å²) in [6.07, 6.45) is 0. The van der Waals surface area contributed by atoms with Gasteiger partial charge in [0.05, 0.1) is 22.9 Å². The van der Waals surface area contributed by atoms with Crippen molar-refractivity contribution in [3.8, 4) is 0 Å². The first-order chi connectivity index (χ1) is 9.96. The maximum Gasteiger partial charge on any atom is 0.252 e. The van der Waals surface area contributed by atoms with Gasteiger partial charge < -0.3 is 5.32 Å². The van der Waals surface area contributed by atoms with Crippen LogP contribution in [0.15, 0.2) is 42.5 Å². The van der Waals surface area contributed by atoms with Crippen molar-refractivity contribution in [3.05, 3.63) is 48.0 Å². The molecule has 6 heteroatoms. The highest BCUT2D eigenvalue weighted by Crippen LogP contribution is 2.21. The van der Waals surface area contributed by atoms with Gasteiger partial charge in [0, 0.05) is 5.56 Å². The van der Waals surface area contributed by atoms with Crippen LogP contribution in [0, 0.1) is 0 Å². The monoisotopic (exact) mass is 323 g/mol. The van der Waals surface area contributed by atoms with Gasteiger partial charge in [-0.15, -0.1) is 11.6 Å². The van der Waals surface area contributed by atoms with E-state index in [-0.39, 0.29) is 17.4 Å². The summed E-state index contributed by atoms with van der Waals surface area (Å²) >= 11 is 6.02. The van der Waals surface area contributed by atoms with Gasteiger partial charge in [-0.1, -0.05) is 36.4 Å². The molecule has 1 N–H and O–H groups in total. The number of benzene rings is 2. The number of hydrogen-bond donors (Lipinski definition) is 1. The number of rotatable bonds is 2. The van der Waals surface area contributed by atoms with Gasteiger partial charge in [0.15, 0.2) is 9.84 Å². The summed E-state index contributed by atoms with van der Waals surface area (Å²) in [6, 6.07) is 12.5. The van der Waals surface area contributed by atoms with E-state index in [1.54, 1.807) is 12.1 Å². The van der Waals surface area contributed by atoms with Crippen molar-refractivity contribution < 1.29 is 13.2 Å². The van der Waals surface area contributed by atoms with Crippen molar-refractivity contribution in [1.29, 1.82) is 0 Å². The van der Waals surface area contributed by atoms with Crippen LogP contribution in [0.3, 0.4) is 0 Å².